The van der Waals surface area contributed by atoms with Gasteiger partial charge in [-0.05, 0) is 44.7 Å². The Labute approximate surface area is 180 Å². The van der Waals surface area contributed by atoms with Crippen molar-refractivity contribution in [2.24, 2.45) is 5.41 Å². The molecule has 2 N–H and O–H groups in total. The van der Waals surface area contributed by atoms with E-state index in [9.17, 15) is 9.90 Å². The Morgan fingerprint density at radius 3 is 1.97 bits per heavy atom. The summed E-state index contributed by atoms with van der Waals surface area (Å²) in [5.74, 6) is 0. The number of hydrogen-bond donors (Lipinski definition) is 2. The van der Waals surface area contributed by atoms with Crippen LogP contribution in [0.3, 0.4) is 0 Å². The summed E-state index contributed by atoms with van der Waals surface area (Å²) < 4.78 is 5.34. The molecule has 3 rings (SSSR count). The zero-order valence-electron chi connectivity index (χ0n) is 18.3. The summed E-state index contributed by atoms with van der Waals surface area (Å²) in [6.45, 7) is 7.75. The summed E-state index contributed by atoms with van der Waals surface area (Å²) in [4.78, 5) is 14.5. The van der Waals surface area contributed by atoms with Crippen molar-refractivity contribution in [3.8, 4) is 0 Å². The topological polar surface area (TPSA) is 61.8 Å². The van der Waals surface area contributed by atoms with Gasteiger partial charge >= 0.3 is 6.09 Å². The molecular weight excluding hydrogens is 376 g/mol. The lowest BCUT2D eigenvalue weighted by molar-refractivity contribution is -0.0439. The largest absolute Gasteiger partial charge is 0.444 e. The molecule has 162 valence electrons. The van der Waals surface area contributed by atoms with Gasteiger partial charge in [0.15, 0.2) is 0 Å². The second-order valence-corrected chi connectivity index (χ2v) is 9.45. The molecule has 0 aliphatic heterocycles. The van der Waals surface area contributed by atoms with Crippen molar-refractivity contribution in [3.63, 3.8) is 0 Å². The number of carbonyl (C=O) groups is 1. The highest BCUT2D eigenvalue weighted by molar-refractivity contribution is 5.67. The number of carbonyl (C=O) groups excluding carboxylic acids is 1. The maximum atomic E-state index is 12.0. The van der Waals surface area contributed by atoms with Gasteiger partial charge in [-0.2, -0.15) is 0 Å². The quantitative estimate of drug-likeness (QED) is 0.679. The van der Waals surface area contributed by atoms with Crippen LogP contribution in [0.4, 0.5) is 4.79 Å². The Hall–Kier alpha value is -2.37. The predicted octanol–water partition coefficient (Wildman–Crippen LogP) is 4.35. The Balaban J connectivity index is 1.62. The van der Waals surface area contributed by atoms with E-state index in [0.717, 1.165) is 25.9 Å². The van der Waals surface area contributed by atoms with E-state index in [4.69, 9.17) is 4.74 Å². The second-order valence-electron chi connectivity index (χ2n) is 9.45. The predicted molar refractivity (Wildman–Crippen MR) is 119 cm³/mol. The molecule has 1 saturated carbocycles. The fourth-order valence-corrected chi connectivity index (χ4v) is 4.05. The number of amides is 1. The molecule has 1 amide bonds. The lowest BCUT2D eigenvalue weighted by Crippen LogP contribution is -2.56. The third kappa shape index (κ3) is 6.31. The number of benzene rings is 2. The van der Waals surface area contributed by atoms with Gasteiger partial charge in [-0.3, -0.25) is 4.90 Å². The summed E-state index contributed by atoms with van der Waals surface area (Å²) in [6, 6.07) is 21.3. The Morgan fingerprint density at radius 2 is 1.53 bits per heavy atom. The van der Waals surface area contributed by atoms with Crippen LogP contribution >= 0.6 is 0 Å². The molecule has 1 fully saturated rings. The number of aliphatic hydroxyl groups is 1. The van der Waals surface area contributed by atoms with Gasteiger partial charge in [0.2, 0.25) is 0 Å². The number of rotatable bonds is 8. The minimum absolute atomic E-state index is 0.0593. The highest BCUT2D eigenvalue weighted by Gasteiger charge is 2.46. The van der Waals surface area contributed by atoms with Crippen molar-refractivity contribution in [2.45, 2.75) is 58.3 Å². The first kappa shape index (κ1) is 22.3. The van der Waals surface area contributed by atoms with E-state index in [1.807, 2.05) is 32.9 Å². The Kier molecular flexibility index (Phi) is 7.16. The van der Waals surface area contributed by atoms with Crippen LogP contribution < -0.4 is 5.32 Å². The summed E-state index contributed by atoms with van der Waals surface area (Å²) in [5.41, 5.74) is 1.75. The number of nitrogens with zero attached hydrogens (tertiary/aromatic N) is 1. The smallest absolute Gasteiger partial charge is 0.407 e. The standard InChI is InChI=1S/C25H34N2O3/c1-24(2,3)30-23(29)26-18-25(19-28)14-22(15-25)27(16-20-10-6-4-7-11-20)17-21-12-8-5-9-13-21/h4-13,22,28H,14-19H2,1-3H3,(H,26,29). The molecule has 1 aliphatic carbocycles. The van der Waals surface area contributed by atoms with Gasteiger partial charge in [0.05, 0.1) is 6.61 Å². The van der Waals surface area contributed by atoms with Crippen molar-refractivity contribution in [3.05, 3.63) is 71.8 Å². The van der Waals surface area contributed by atoms with Crippen molar-refractivity contribution in [2.75, 3.05) is 13.2 Å². The molecule has 0 heterocycles. The normalized spacial score (nSPS) is 21.2. The van der Waals surface area contributed by atoms with E-state index in [1.54, 1.807) is 0 Å². The summed E-state index contributed by atoms with van der Waals surface area (Å²) >= 11 is 0. The van der Waals surface area contributed by atoms with Crippen LogP contribution in [0.1, 0.15) is 44.7 Å². The third-order valence-corrected chi connectivity index (χ3v) is 5.65. The first-order valence-electron chi connectivity index (χ1n) is 10.7. The average molecular weight is 411 g/mol. The fraction of sp³-hybridized carbons (Fsp3) is 0.480. The summed E-state index contributed by atoms with van der Waals surface area (Å²) in [6.07, 6.45) is 1.27. The van der Waals surface area contributed by atoms with Gasteiger partial charge in [-0.1, -0.05) is 60.7 Å². The average Bonchev–Trinajstić information content (AvgIpc) is 2.67. The van der Waals surface area contributed by atoms with Crippen LogP contribution in [0, 0.1) is 5.41 Å². The Morgan fingerprint density at radius 1 is 1.03 bits per heavy atom. The fourth-order valence-electron chi connectivity index (χ4n) is 4.05. The van der Waals surface area contributed by atoms with Crippen LogP contribution in [0.15, 0.2) is 60.7 Å². The highest BCUT2D eigenvalue weighted by atomic mass is 16.6. The summed E-state index contributed by atoms with van der Waals surface area (Å²) in [5, 5.41) is 12.9. The first-order valence-corrected chi connectivity index (χ1v) is 10.7. The first-order chi connectivity index (χ1) is 14.3. The zero-order valence-corrected chi connectivity index (χ0v) is 18.3. The number of alkyl carbamates (subject to hydrolysis) is 1. The minimum Gasteiger partial charge on any atom is -0.444 e. The van der Waals surface area contributed by atoms with Gasteiger partial charge in [0.1, 0.15) is 5.60 Å². The van der Waals surface area contributed by atoms with Crippen LogP contribution in [-0.2, 0) is 17.8 Å². The number of hydrogen-bond acceptors (Lipinski definition) is 4. The van der Waals surface area contributed by atoms with Gasteiger partial charge < -0.3 is 15.2 Å². The molecule has 0 aromatic heterocycles. The maximum Gasteiger partial charge on any atom is 0.407 e. The van der Waals surface area contributed by atoms with Crippen molar-refractivity contribution in [1.29, 1.82) is 0 Å². The van der Waals surface area contributed by atoms with E-state index in [-0.39, 0.29) is 12.0 Å². The highest BCUT2D eigenvalue weighted by Crippen LogP contribution is 2.44. The van der Waals surface area contributed by atoms with E-state index >= 15 is 0 Å². The molecule has 1 aliphatic rings. The zero-order chi connectivity index (χ0) is 21.6. The lowest BCUT2D eigenvalue weighted by Gasteiger charge is -2.51. The minimum atomic E-state index is -0.527. The lowest BCUT2D eigenvalue weighted by atomic mass is 9.65. The van der Waals surface area contributed by atoms with E-state index in [1.165, 1.54) is 11.1 Å². The van der Waals surface area contributed by atoms with Crippen molar-refractivity contribution >= 4 is 6.09 Å². The molecule has 0 radical (unpaired) electrons. The van der Waals surface area contributed by atoms with E-state index < -0.39 is 11.7 Å². The summed E-state index contributed by atoms with van der Waals surface area (Å²) in [7, 11) is 0. The van der Waals surface area contributed by atoms with Crippen LogP contribution in [0.5, 0.6) is 0 Å². The van der Waals surface area contributed by atoms with Crippen LogP contribution in [0.2, 0.25) is 0 Å². The van der Waals surface area contributed by atoms with Crippen LogP contribution in [0.25, 0.3) is 0 Å². The molecule has 0 saturated heterocycles. The van der Waals surface area contributed by atoms with E-state index in [0.29, 0.717) is 12.6 Å². The maximum absolute atomic E-state index is 12.0. The molecule has 0 bridgehead atoms. The molecule has 2 aromatic rings. The third-order valence-electron chi connectivity index (χ3n) is 5.65. The molecule has 2 aromatic carbocycles. The van der Waals surface area contributed by atoms with Gasteiger partial charge in [0, 0.05) is 31.1 Å². The molecule has 0 atom stereocenters. The molecular formula is C25H34N2O3. The van der Waals surface area contributed by atoms with Crippen LogP contribution in [-0.4, -0.2) is 40.9 Å². The van der Waals surface area contributed by atoms with Crippen molar-refractivity contribution < 1.29 is 14.6 Å². The molecule has 5 heteroatoms. The number of aliphatic hydroxyl groups excluding tert-OH is 1. The number of nitrogens with one attached hydrogen (secondary N) is 1. The van der Waals surface area contributed by atoms with Gasteiger partial charge in [-0.15, -0.1) is 0 Å². The molecule has 0 spiro atoms. The monoisotopic (exact) mass is 410 g/mol. The molecule has 0 unspecified atom stereocenters. The SMILES string of the molecule is CC(C)(C)OC(=O)NCC1(CO)CC(N(Cc2ccccc2)Cc2ccccc2)C1. The molecule has 30 heavy (non-hydrogen) atoms. The molecule has 5 nitrogen and oxygen atoms in total. The van der Waals surface area contributed by atoms with Gasteiger partial charge in [0.25, 0.3) is 0 Å². The second kappa shape index (κ2) is 9.63. The van der Waals surface area contributed by atoms with Crippen molar-refractivity contribution in [1.82, 2.24) is 10.2 Å². The number of ether oxygens (including phenoxy) is 1. The van der Waals surface area contributed by atoms with E-state index in [2.05, 4.69) is 58.7 Å². The Bertz CT molecular complexity index is 755. The van der Waals surface area contributed by atoms with Gasteiger partial charge in [-0.25, -0.2) is 4.79 Å².